The standard InChI is InChI=1S/C17H22N4O/c1-12-10-15(20-19-12)14-8-5-9-21(11-14)16(17(18)22)13-6-3-2-4-7-13/h2-4,6-7,10,14,16H,5,8-9,11H2,1H3,(H2,18,22)(H,19,20)/t14-,16+/m1/s1. The summed E-state index contributed by atoms with van der Waals surface area (Å²) in [6, 6.07) is 11.5. The number of H-pyrrole nitrogens is 1. The molecule has 5 heteroatoms. The van der Waals surface area contributed by atoms with Crippen molar-refractivity contribution in [1.29, 1.82) is 0 Å². The molecule has 5 nitrogen and oxygen atoms in total. The molecule has 22 heavy (non-hydrogen) atoms. The number of likely N-dealkylation sites (tertiary alicyclic amines) is 1. The Hall–Kier alpha value is -2.14. The number of nitrogens with two attached hydrogens (primary N) is 1. The molecule has 0 spiro atoms. The molecule has 1 amide bonds. The van der Waals surface area contributed by atoms with Crippen LogP contribution in [0.4, 0.5) is 0 Å². The van der Waals surface area contributed by atoms with Crippen molar-refractivity contribution < 1.29 is 4.79 Å². The van der Waals surface area contributed by atoms with Gasteiger partial charge in [0.05, 0.1) is 5.69 Å². The highest BCUT2D eigenvalue weighted by Gasteiger charge is 2.31. The molecule has 116 valence electrons. The number of nitrogens with one attached hydrogen (secondary N) is 1. The third-order valence-corrected chi connectivity index (χ3v) is 4.35. The molecule has 0 unspecified atom stereocenters. The number of hydrogen-bond donors (Lipinski definition) is 2. The molecular formula is C17H22N4O. The lowest BCUT2D eigenvalue weighted by molar-refractivity contribution is -0.124. The summed E-state index contributed by atoms with van der Waals surface area (Å²) in [5.74, 6) is 0.0642. The van der Waals surface area contributed by atoms with Gasteiger partial charge < -0.3 is 5.73 Å². The Morgan fingerprint density at radius 2 is 2.18 bits per heavy atom. The van der Waals surface area contributed by atoms with E-state index in [2.05, 4.69) is 21.2 Å². The Morgan fingerprint density at radius 3 is 2.82 bits per heavy atom. The highest BCUT2D eigenvalue weighted by atomic mass is 16.1. The number of aromatic nitrogens is 2. The number of hydrogen-bond acceptors (Lipinski definition) is 3. The average Bonchev–Trinajstić information content (AvgIpc) is 2.95. The summed E-state index contributed by atoms with van der Waals surface area (Å²) >= 11 is 0. The Balaban J connectivity index is 1.81. The highest BCUT2D eigenvalue weighted by molar-refractivity contribution is 5.81. The fourth-order valence-electron chi connectivity index (χ4n) is 3.32. The van der Waals surface area contributed by atoms with E-state index in [1.807, 2.05) is 37.3 Å². The van der Waals surface area contributed by atoms with Gasteiger partial charge in [0, 0.05) is 18.2 Å². The summed E-state index contributed by atoms with van der Waals surface area (Å²) in [7, 11) is 0. The van der Waals surface area contributed by atoms with Crippen molar-refractivity contribution in [3.05, 3.63) is 53.3 Å². The first-order valence-electron chi connectivity index (χ1n) is 7.75. The van der Waals surface area contributed by atoms with Crippen LogP contribution in [0.3, 0.4) is 0 Å². The first-order valence-corrected chi connectivity index (χ1v) is 7.75. The lowest BCUT2D eigenvalue weighted by Gasteiger charge is -2.36. The second-order valence-electron chi connectivity index (χ2n) is 6.03. The van der Waals surface area contributed by atoms with Crippen molar-refractivity contribution in [2.45, 2.75) is 31.7 Å². The lowest BCUT2D eigenvalue weighted by Crippen LogP contribution is -2.43. The molecule has 0 aliphatic carbocycles. The lowest BCUT2D eigenvalue weighted by atomic mass is 9.92. The summed E-state index contributed by atoms with van der Waals surface area (Å²) in [5, 5.41) is 7.39. The minimum atomic E-state index is -0.357. The van der Waals surface area contributed by atoms with Gasteiger partial charge in [0.15, 0.2) is 0 Å². The molecule has 0 bridgehead atoms. The van der Waals surface area contributed by atoms with E-state index in [9.17, 15) is 4.79 Å². The molecule has 0 radical (unpaired) electrons. The average molecular weight is 298 g/mol. The number of carbonyl (C=O) groups excluding carboxylic acids is 1. The first kappa shape index (κ1) is 14.8. The third kappa shape index (κ3) is 3.04. The van der Waals surface area contributed by atoms with Gasteiger partial charge in [-0.25, -0.2) is 0 Å². The maximum absolute atomic E-state index is 12.0. The minimum absolute atomic E-state index is 0.287. The Morgan fingerprint density at radius 1 is 1.41 bits per heavy atom. The number of benzene rings is 1. The van der Waals surface area contributed by atoms with Gasteiger partial charge >= 0.3 is 0 Å². The van der Waals surface area contributed by atoms with Crippen molar-refractivity contribution in [3.8, 4) is 0 Å². The monoisotopic (exact) mass is 298 g/mol. The van der Waals surface area contributed by atoms with E-state index in [0.29, 0.717) is 5.92 Å². The van der Waals surface area contributed by atoms with E-state index in [0.717, 1.165) is 42.9 Å². The number of nitrogens with zero attached hydrogens (tertiary/aromatic N) is 2. The second-order valence-corrected chi connectivity index (χ2v) is 6.03. The fraction of sp³-hybridized carbons (Fsp3) is 0.412. The van der Waals surface area contributed by atoms with Crippen LogP contribution in [0.15, 0.2) is 36.4 Å². The smallest absolute Gasteiger partial charge is 0.239 e. The third-order valence-electron chi connectivity index (χ3n) is 4.35. The van der Waals surface area contributed by atoms with Crippen LogP contribution >= 0.6 is 0 Å². The van der Waals surface area contributed by atoms with Crippen molar-refractivity contribution in [2.75, 3.05) is 13.1 Å². The van der Waals surface area contributed by atoms with Crippen LogP contribution in [0.2, 0.25) is 0 Å². The highest BCUT2D eigenvalue weighted by Crippen LogP contribution is 2.31. The van der Waals surface area contributed by atoms with Crippen LogP contribution in [0.5, 0.6) is 0 Å². The summed E-state index contributed by atoms with van der Waals surface area (Å²) in [4.78, 5) is 14.2. The zero-order valence-corrected chi connectivity index (χ0v) is 12.8. The molecule has 0 saturated carbocycles. The zero-order chi connectivity index (χ0) is 15.5. The van der Waals surface area contributed by atoms with Crippen LogP contribution in [-0.2, 0) is 4.79 Å². The van der Waals surface area contributed by atoms with Crippen LogP contribution in [0, 0.1) is 6.92 Å². The summed E-state index contributed by atoms with van der Waals surface area (Å²) in [6.45, 7) is 3.71. The molecule has 1 saturated heterocycles. The second kappa shape index (κ2) is 6.32. The summed E-state index contributed by atoms with van der Waals surface area (Å²) < 4.78 is 0. The van der Waals surface area contributed by atoms with E-state index in [1.165, 1.54) is 0 Å². The molecule has 1 aliphatic rings. The van der Waals surface area contributed by atoms with Crippen LogP contribution < -0.4 is 5.73 Å². The van der Waals surface area contributed by atoms with Crippen molar-refractivity contribution in [2.24, 2.45) is 5.73 Å². The number of aryl methyl sites for hydroxylation is 1. The van der Waals surface area contributed by atoms with Crippen molar-refractivity contribution in [1.82, 2.24) is 15.1 Å². The van der Waals surface area contributed by atoms with Gasteiger partial charge in [0.1, 0.15) is 6.04 Å². The summed E-state index contributed by atoms with van der Waals surface area (Å²) in [5.41, 5.74) is 8.80. The Bertz CT molecular complexity index is 637. The predicted molar refractivity (Wildman–Crippen MR) is 85.3 cm³/mol. The molecule has 3 rings (SSSR count). The zero-order valence-electron chi connectivity index (χ0n) is 12.8. The Labute approximate surface area is 130 Å². The van der Waals surface area contributed by atoms with Crippen LogP contribution in [0.1, 0.15) is 41.8 Å². The van der Waals surface area contributed by atoms with Gasteiger partial charge in [-0.15, -0.1) is 0 Å². The molecule has 1 aromatic carbocycles. The molecule has 1 fully saturated rings. The molecule has 3 N–H and O–H groups in total. The van der Waals surface area contributed by atoms with Crippen molar-refractivity contribution >= 4 is 5.91 Å². The van der Waals surface area contributed by atoms with Crippen molar-refractivity contribution in [3.63, 3.8) is 0 Å². The molecule has 2 aromatic rings. The van der Waals surface area contributed by atoms with Crippen LogP contribution in [-0.4, -0.2) is 34.1 Å². The largest absolute Gasteiger partial charge is 0.368 e. The molecule has 1 aliphatic heterocycles. The molecule has 2 heterocycles. The van der Waals surface area contributed by atoms with Gasteiger partial charge in [0.2, 0.25) is 5.91 Å². The van der Waals surface area contributed by atoms with E-state index in [-0.39, 0.29) is 11.9 Å². The van der Waals surface area contributed by atoms with Gasteiger partial charge in [0.25, 0.3) is 0 Å². The maximum atomic E-state index is 12.0. The fourth-order valence-corrected chi connectivity index (χ4v) is 3.32. The number of amides is 1. The number of primary amides is 1. The maximum Gasteiger partial charge on any atom is 0.239 e. The number of piperidine rings is 1. The van der Waals surface area contributed by atoms with Gasteiger partial charge in [-0.2, -0.15) is 5.10 Å². The number of aromatic amines is 1. The van der Waals surface area contributed by atoms with E-state index >= 15 is 0 Å². The van der Waals surface area contributed by atoms with Gasteiger partial charge in [-0.05, 0) is 37.9 Å². The number of carbonyl (C=O) groups is 1. The molecular weight excluding hydrogens is 276 g/mol. The van der Waals surface area contributed by atoms with E-state index in [1.54, 1.807) is 0 Å². The van der Waals surface area contributed by atoms with Gasteiger partial charge in [-0.1, -0.05) is 30.3 Å². The normalized spacial score (nSPS) is 20.7. The molecule has 1 aromatic heterocycles. The topological polar surface area (TPSA) is 75.0 Å². The predicted octanol–water partition coefficient (Wildman–Crippen LogP) is 2.12. The minimum Gasteiger partial charge on any atom is -0.368 e. The SMILES string of the molecule is Cc1cc([C@@H]2CCCN([C@H](C(N)=O)c3ccccc3)C2)n[nH]1. The summed E-state index contributed by atoms with van der Waals surface area (Å²) in [6.07, 6.45) is 2.15. The van der Waals surface area contributed by atoms with E-state index < -0.39 is 0 Å². The van der Waals surface area contributed by atoms with Gasteiger partial charge in [-0.3, -0.25) is 14.8 Å². The van der Waals surface area contributed by atoms with E-state index in [4.69, 9.17) is 5.73 Å². The Kier molecular flexibility index (Phi) is 4.24. The first-order chi connectivity index (χ1) is 10.6. The molecule has 2 atom stereocenters. The van der Waals surface area contributed by atoms with Crippen LogP contribution in [0.25, 0.3) is 0 Å². The quantitative estimate of drug-likeness (QED) is 0.908. The number of rotatable bonds is 4.